The van der Waals surface area contributed by atoms with E-state index < -0.39 is 21.2 Å². The van der Waals surface area contributed by atoms with Crippen LogP contribution in [0.2, 0.25) is 15.5 Å². The van der Waals surface area contributed by atoms with Crippen LogP contribution in [-0.2, 0) is 0 Å². The Kier molecular flexibility index (Phi) is 15.7. The number of aryl methyl sites for hydroxylation is 2. The maximum atomic E-state index is 11.8. The molecule has 0 saturated carbocycles. The fourth-order valence-electron chi connectivity index (χ4n) is 3.47. The van der Waals surface area contributed by atoms with Crippen LogP contribution in [0, 0.1) is 34.1 Å². The van der Waals surface area contributed by atoms with E-state index in [1.165, 1.54) is 30.6 Å². The van der Waals surface area contributed by atoms with Crippen LogP contribution in [0.3, 0.4) is 0 Å². The van der Waals surface area contributed by atoms with Crippen LogP contribution in [0.4, 0.5) is 28.6 Å². The smallest absolute Gasteiger partial charge is 0.348 e. The standard InChI is InChI=1S/C14H14ClN5O3S.C9H12N2O.C5H3Cl2N3O2S/c1-7-4-5-8(13(21)16-2)6-9(7)17-12-10(20(22)23)11(15)18-14(19-12)24-3;1-6-3-4-7(5-8(6)10)9(12)11-2;1-13-5-8-3(6)2(10(11)12)4(7)9-5/h4-6H,1-3H3,(H,16,21)(H,17,18,19);3-5H,10H2,1-2H3,(H,11,12);1H3. The Labute approximate surface area is 303 Å². The van der Waals surface area contributed by atoms with E-state index in [2.05, 4.69) is 35.9 Å². The lowest BCUT2D eigenvalue weighted by Crippen LogP contribution is -2.18. The van der Waals surface area contributed by atoms with Gasteiger partial charge in [0, 0.05) is 36.6 Å². The Morgan fingerprint density at radius 3 is 1.59 bits per heavy atom. The Morgan fingerprint density at radius 1 is 0.735 bits per heavy atom. The van der Waals surface area contributed by atoms with Gasteiger partial charge in [0.05, 0.1) is 9.85 Å². The summed E-state index contributed by atoms with van der Waals surface area (Å²) in [6.07, 6.45) is 3.45. The SMILES string of the molecule is CNC(=O)c1ccc(C)c(N)c1.CNC(=O)c1ccc(C)c(Nc2nc(SC)nc(Cl)c2[N+](=O)[O-])c1.CSc1nc(Cl)c([N+](=O)[O-])c(Cl)n1. The lowest BCUT2D eigenvalue weighted by molar-refractivity contribution is -0.385. The second-order valence-corrected chi connectivity index (χ2v) is 11.9. The molecule has 16 nitrogen and oxygen atoms in total. The molecule has 0 aliphatic rings. The zero-order valence-electron chi connectivity index (χ0n) is 26.6. The van der Waals surface area contributed by atoms with Gasteiger partial charge >= 0.3 is 11.4 Å². The highest BCUT2D eigenvalue weighted by atomic mass is 35.5. The molecule has 21 heteroatoms. The molecule has 2 heterocycles. The fraction of sp³-hybridized carbons (Fsp3) is 0.214. The molecular weight excluding hydrogens is 743 g/mol. The normalized spacial score (nSPS) is 10.1. The number of nitrogens with one attached hydrogen (secondary N) is 3. The summed E-state index contributed by atoms with van der Waals surface area (Å²) in [5.74, 6) is -0.402. The predicted octanol–water partition coefficient (Wildman–Crippen LogP) is 6.52. The molecule has 0 bridgehead atoms. The van der Waals surface area contributed by atoms with Crippen molar-refractivity contribution in [2.45, 2.75) is 24.2 Å². The van der Waals surface area contributed by atoms with E-state index in [4.69, 9.17) is 40.5 Å². The average Bonchev–Trinajstić information content (AvgIpc) is 3.05. The molecule has 0 saturated heterocycles. The van der Waals surface area contributed by atoms with Gasteiger partial charge in [-0.1, -0.05) is 70.5 Å². The second kappa shape index (κ2) is 18.9. The number of thioether (sulfide) groups is 2. The van der Waals surface area contributed by atoms with Crippen molar-refractivity contribution in [1.29, 1.82) is 0 Å². The summed E-state index contributed by atoms with van der Waals surface area (Å²) in [5, 5.41) is 29.5. The molecule has 260 valence electrons. The highest BCUT2D eigenvalue weighted by molar-refractivity contribution is 7.98. The minimum Gasteiger partial charge on any atom is -0.398 e. The predicted molar refractivity (Wildman–Crippen MR) is 193 cm³/mol. The van der Waals surface area contributed by atoms with Crippen molar-refractivity contribution in [2.75, 3.05) is 37.7 Å². The van der Waals surface area contributed by atoms with Gasteiger partial charge in [0.2, 0.25) is 21.3 Å². The number of aromatic nitrogens is 4. The molecule has 4 aromatic rings. The maximum Gasteiger partial charge on any atom is 0.348 e. The van der Waals surface area contributed by atoms with Crippen molar-refractivity contribution in [2.24, 2.45) is 0 Å². The minimum atomic E-state index is -0.714. The first-order valence-corrected chi connectivity index (χ1v) is 17.0. The molecule has 2 aromatic heterocycles. The van der Waals surface area contributed by atoms with E-state index in [0.29, 0.717) is 32.8 Å². The third kappa shape index (κ3) is 11.3. The number of nitro groups is 2. The van der Waals surface area contributed by atoms with Crippen LogP contribution in [-0.4, -0.2) is 68.2 Å². The van der Waals surface area contributed by atoms with E-state index in [-0.39, 0.29) is 33.1 Å². The van der Waals surface area contributed by atoms with Crippen LogP contribution in [0.25, 0.3) is 0 Å². The van der Waals surface area contributed by atoms with E-state index in [9.17, 15) is 29.8 Å². The van der Waals surface area contributed by atoms with Crippen molar-refractivity contribution in [3.05, 3.63) is 94.3 Å². The van der Waals surface area contributed by atoms with Gasteiger partial charge in [-0.25, -0.2) is 15.0 Å². The van der Waals surface area contributed by atoms with Crippen molar-refractivity contribution in [3.8, 4) is 0 Å². The first-order valence-electron chi connectivity index (χ1n) is 13.4. The van der Waals surface area contributed by atoms with Crippen LogP contribution in [0.15, 0.2) is 46.7 Å². The van der Waals surface area contributed by atoms with Crippen molar-refractivity contribution in [1.82, 2.24) is 30.6 Å². The van der Waals surface area contributed by atoms with E-state index in [1.54, 1.807) is 56.8 Å². The van der Waals surface area contributed by atoms with E-state index >= 15 is 0 Å². The number of hydrogen-bond acceptors (Lipinski definition) is 14. The number of anilines is 3. The number of benzene rings is 2. The molecular formula is C28H29Cl3N10O6S2. The maximum absolute atomic E-state index is 11.8. The zero-order chi connectivity index (χ0) is 37.0. The molecule has 2 amide bonds. The molecule has 0 radical (unpaired) electrons. The number of nitrogen functional groups attached to an aromatic ring is 1. The minimum absolute atomic E-state index is 0.0264. The van der Waals surface area contributed by atoms with Crippen molar-refractivity contribution >= 4 is 98.7 Å². The van der Waals surface area contributed by atoms with Crippen LogP contribution < -0.4 is 21.7 Å². The van der Waals surface area contributed by atoms with Gasteiger partial charge in [0.15, 0.2) is 10.3 Å². The number of halogens is 3. The molecule has 49 heavy (non-hydrogen) atoms. The summed E-state index contributed by atoms with van der Waals surface area (Å²) >= 11 is 19.4. The van der Waals surface area contributed by atoms with Crippen molar-refractivity contribution < 1.29 is 19.4 Å². The lowest BCUT2D eigenvalue weighted by Gasteiger charge is -2.12. The number of nitrogens with zero attached hydrogens (tertiary/aromatic N) is 6. The van der Waals surface area contributed by atoms with Gasteiger partial charge in [-0.05, 0) is 61.8 Å². The zero-order valence-corrected chi connectivity index (χ0v) is 30.5. The average molecular weight is 772 g/mol. The largest absolute Gasteiger partial charge is 0.398 e. The van der Waals surface area contributed by atoms with Crippen molar-refractivity contribution in [3.63, 3.8) is 0 Å². The molecule has 0 atom stereocenters. The van der Waals surface area contributed by atoms with Crippen LogP contribution in [0.1, 0.15) is 31.8 Å². The summed E-state index contributed by atoms with van der Waals surface area (Å²) in [4.78, 5) is 58.5. The number of nitrogens with two attached hydrogens (primary N) is 1. The van der Waals surface area contributed by atoms with Gasteiger partial charge in [0.25, 0.3) is 11.8 Å². The van der Waals surface area contributed by atoms with E-state index in [0.717, 1.165) is 11.1 Å². The molecule has 5 N–H and O–H groups in total. The third-order valence-electron chi connectivity index (χ3n) is 6.08. The van der Waals surface area contributed by atoms with Gasteiger partial charge < -0.3 is 21.7 Å². The Bertz CT molecular complexity index is 1860. The lowest BCUT2D eigenvalue weighted by atomic mass is 10.1. The Morgan fingerprint density at radius 2 is 1.16 bits per heavy atom. The highest BCUT2D eigenvalue weighted by Crippen LogP contribution is 2.34. The molecule has 0 aliphatic heterocycles. The van der Waals surface area contributed by atoms with Gasteiger partial charge in [-0.15, -0.1) is 0 Å². The molecule has 0 fully saturated rings. The number of carbonyl (C=O) groups is 2. The third-order valence-corrected chi connectivity index (χ3v) is 7.96. The molecule has 0 unspecified atom stereocenters. The Hall–Kier alpha value is -4.49. The van der Waals surface area contributed by atoms with Gasteiger partial charge in [-0.3, -0.25) is 29.8 Å². The van der Waals surface area contributed by atoms with Crippen LogP contribution in [0.5, 0.6) is 0 Å². The molecule has 2 aromatic carbocycles. The van der Waals surface area contributed by atoms with Crippen LogP contribution >= 0.6 is 58.3 Å². The summed E-state index contributed by atoms with van der Waals surface area (Å²) < 4.78 is 0. The summed E-state index contributed by atoms with van der Waals surface area (Å²) in [6, 6.07) is 10.2. The number of hydrogen-bond donors (Lipinski definition) is 4. The Balaban J connectivity index is 0.000000281. The fourth-order valence-corrected chi connectivity index (χ4v) is 5.11. The second-order valence-electron chi connectivity index (χ2n) is 9.24. The number of rotatable bonds is 8. The topological polar surface area (TPSA) is 234 Å². The highest BCUT2D eigenvalue weighted by Gasteiger charge is 2.25. The summed E-state index contributed by atoms with van der Waals surface area (Å²) in [5.41, 5.74) is 8.71. The quantitative estimate of drug-likeness (QED) is 0.0373. The monoisotopic (exact) mass is 770 g/mol. The molecule has 4 rings (SSSR count). The first kappa shape index (κ1) is 40.7. The summed E-state index contributed by atoms with van der Waals surface area (Å²) in [6.45, 7) is 3.71. The molecule has 0 spiro atoms. The van der Waals surface area contributed by atoms with Gasteiger partial charge in [0.1, 0.15) is 0 Å². The first-order chi connectivity index (χ1) is 23.1. The number of amides is 2. The number of carbonyl (C=O) groups excluding carboxylic acids is 2. The van der Waals surface area contributed by atoms with E-state index in [1.807, 2.05) is 13.0 Å². The van der Waals surface area contributed by atoms with Gasteiger partial charge in [-0.2, -0.15) is 4.98 Å². The molecule has 0 aliphatic carbocycles. The summed E-state index contributed by atoms with van der Waals surface area (Å²) in [7, 11) is 3.12.